The molecule has 0 aliphatic rings. The summed E-state index contributed by atoms with van der Waals surface area (Å²) < 4.78 is 3.77. The summed E-state index contributed by atoms with van der Waals surface area (Å²) in [5.41, 5.74) is 5.93. The molecule has 0 amide bonds. The quantitative estimate of drug-likeness (QED) is 0.198. The smallest absolute Gasteiger partial charge is 0.0604 e. The Hall–Kier alpha value is -0.330. The predicted octanol–water partition coefficient (Wildman–Crippen LogP) is 0.465. The number of hydrogen-bond donors (Lipinski definition) is 1. The van der Waals surface area contributed by atoms with Crippen molar-refractivity contribution in [2.24, 2.45) is 5.28 Å². The van der Waals surface area contributed by atoms with Gasteiger partial charge >= 0.3 is 0 Å². The van der Waals surface area contributed by atoms with Crippen LogP contribution in [0.25, 0.3) is 0 Å². The van der Waals surface area contributed by atoms with Gasteiger partial charge < -0.3 is 0 Å². The zero-order chi connectivity index (χ0) is 6.24. The van der Waals surface area contributed by atoms with Crippen molar-refractivity contribution in [2.45, 2.75) is 0 Å². The van der Waals surface area contributed by atoms with Crippen LogP contribution < -0.4 is 0 Å². The molecule has 0 aromatic carbocycles. The molecule has 7 nitrogen and oxygen atoms in total. The summed E-state index contributed by atoms with van der Waals surface area (Å²) >= 11 is 0. The van der Waals surface area contributed by atoms with Gasteiger partial charge in [-0.15, -0.1) is 0 Å². The molecule has 0 bridgehead atoms. The molecule has 0 aliphatic carbocycles. The lowest BCUT2D eigenvalue weighted by Gasteiger charge is -1.90. The molecule has 0 rings (SSSR count). The number of rotatable bonds is 5. The molecule has 0 saturated carbocycles. The topological polar surface area (TPSA) is 82.4 Å². The Labute approximate surface area is 46.3 Å². The maximum absolute atomic E-state index is 5.93. The molecule has 0 aromatic rings. The van der Waals surface area contributed by atoms with Crippen LogP contribution in [0.1, 0.15) is 0 Å². The highest BCUT2D eigenvalue weighted by Crippen LogP contribution is 1.89. The lowest BCUT2D eigenvalue weighted by atomic mass is 13.1. The lowest BCUT2D eigenvalue weighted by Crippen LogP contribution is -1.90. The zero-order valence-electron chi connectivity index (χ0n) is 3.57. The first kappa shape index (κ1) is 7.67. The molecule has 0 aromatic heterocycles. The Kier molecular flexibility index (Phi) is 6.39. The number of hydrogen-bond acceptors (Lipinski definition) is 7. The fraction of sp³-hybridized carbons (Fsp3) is 0. The van der Waals surface area contributed by atoms with Gasteiger partial charge in [0.15, 0.2) is 0 Å². The maximum atomic E-state index is 5.93. The van der Waals surface area contributed by atoms with E-state index >= 15 is 0 Å². The first-order chi connectivity index (χ1) is 3.91. The van der Waals surface area contributed by atoms with Crippen LogP contribution >= 0.6 is 9.47 Å². The van der Waals surface area contributed by atoms with Crippen molar-refractivity contribution < 1.29 is 24.8 Å². The van der Waals surface area contributed by atoms with E-state index in [0.717, 1.165) is 0 Å². The molecular formula is H3N2O5P. The molecular weight excluding hydrogens is 139 g/mol. The standard InChI is InChI=1S/H3N2O5P/c1-2-3-4-5-6-7-8/h1H,8H2. The van der Waals surface area contributed by atoms with E-state index < -0.39 is 0 Å². The van der Waals surface area contributed by atoms with E-state index in [1.54, 1.807) is 9.47 Å². The molecule has 48 valence electrons. The second-order valence-corrected chi connectivity index (χ2v) is 0.659. The van der Waals surface area contributed by atoms with Gasteiger partial charge in [0.2, 0.25) is 0 Å². The van der Waals surface area contributed by atoms with Crippen molar-refractivity contribution >= 4 is 9.47 Å². The van der Waals surface area contributed by atoms with Crippen LogP contribution in [-0.4, -0.2) is 0 Å². The fourth-order valence-electron chi connectivity index (χ4n) is 0.0550. The van der Waals surface area contributed by atoms with Crippen molar-refractivity contribution in [3.8, 4) is 0 Å². The van der Waals surface area contributed by atoms with Crippen LogP contribution in [0.3, 0.4) is 0 Å². The molecule has 8 heavy (non-hydrogen) atoms. The SMILES string of the molecule is N=NOOOOOP. The highest BCUT2D eigenvalue weighted by Gasteiger charge is 1.83. The van der Waals surface area contributed by atoms with Crippen molar-refractivity contribution in [1.29, 1.82) is 5.53 Å². The molecule has 0 spiro atoms. The van der Waals surface area contributed by atoms with Crippen molar-refractivity contribution in [2.75, 3.05) is 0 Å². The van der Waals surface area contributed by atoms with Crippen LogP contribution in [0, 0.1) is 5.53 Å². The second-order valence-electron chi connectivity index (χ2n) is 0.466. The second kappa shape index (κ2) is 6.67. The van der Waals surface area contributed by atoms with Gasteiger partial charge in [-0.2, -0.15) is 15.2 Å². The summed E-state index contributed by atoms with van der Waals surface area (Å²) in [7, 11) is 1.70. The summed E-state index contributed by atoms with van der Waals surface area (Å²) in [4.78, 5) is 3.49. The third kappa shape index (κ3) is 5.67. The Bertz CT molecular complexity index is 56.4. The van der Waals surface area contributed by atoms with Crippen LogP contribution in [0.15, 0.2) is 5.28 Å². The van der Waals surface area contributed by atoms with E-state index in [0.29, 0.717) is 0 Å². The lowest BCUT2D eigenvalue weighted by molar-refractivity contribution is -0.693. The number of nitrogens with zero attached hydrogens (tertiary/aromatic N) is 1. The molecule has 1 atom stereocenters. The molecule has 0 fully saturated rings. The first-order valence-electron chi connectivity index (χ1n) is 1.31. The van der Waals surface area contributed by atoms with Gasteiger partial charge in [-0.05, 0) is 5.04 Å². The van der Waals surface area contributed by atoms with Gasteiger partial charge in [0, 0.05) is 19.5 Å². The third-order valence-corrected chi connectivity index (χ3v) is 0.241. The monoisotopic (exact) mass is 142 g/mol. The van der Waals surface area contributed by atoms with Gasteiger partial charge in [-0.25, -0.2) is 0 Å². The Morgan fingerprint density at radius 2 is 2.00 bits per heavy atom. The van der Waals surface area contributed by atoms with E-state index in [4.69, 9.17) is 5.53 Å². The van der Waals surface area contributed by atoms with Crippen LogP contribution in [0.5, 0.6) is 0 Å². The molecule has 0 heterocycles. The van der Waals surface area contributed by atoms with E-state index in [9.17, 15) is 0 Å². The summed E-state index contributed by atoms with van der Waals surface area (Å²) in [6, 6.07) is 0. The summed E-state index contributed by atoms with van der Waals surface area (Å²) in [5.74, 6) is 0. The van der Waals surface area contributed by atoms with E-state index in [1.165, 1.54) is 0 Å². The van der Waals surface area contributed by atoms with E-state index in [1.807, 2.05) is 0 Å². The van der Waals surface area contributed by atoms with Crippen molar-refractivity contribution in [1.82, 2.24) is 0 Å². The minimum atomic E-state index is 1.70. The summed E-state index contributed by atoms with van der Waals surface area (Å²) in [5, 5.41) is 12.9. The molecule has 8 heteroatoms. The highest BCUT2D eigenvalue weighted by atomic mass is 31.0. The Morgan fingerprint density at radius 1 is 1.25 bits per heavy atom. The predicted molar refractivity (Wildman–Crippen MR) is 20.3 cm³/mol. The van der Waals surface area contributed by atoms with Gasteiger partial charge in [0.25, 0.3) is 0 Å². The van der Waals surface area contributed by atoms with Crippen molar-refractivity contribution in [3.63, 3.8) is 0 Å². The van der Waals surface area contributed by atoms with Gasteiger partial charge in [0.05, 0.1) is 5.28 Å². The summed E-state index contributed by atoms with van der Waals surface area (Å²) in [6.45, 7) is 0. The van der Waals surface area contributed by atoms with Gasteiger partial charge in [0.1, 0.15) is 0 Å². The largest absolute Gasteiger partial charge is 0.189 e. The van der Waals surface area contributed by atoms with Crippen LogP contribution in [-0.2, 0) is 24.8 Å². The summed E-state index contributed by atoms with van der Waals surface area (Å²) in [6.07, 6.45) is 0. The average Bonchev–Trinajstić information content (AvgIpc) is 1.81. The Balaban J connectivity index is 2.62. The molecule has 0 saturated heterocycles. The maximum Gasteiger partial charge on any atom is 0.0604 e. The first-order valence-corrected chi connectivity index (χ1v) is 1.78. The number of nitrogens with one attached hydrogen (secondary N) is 1. The third-order valence-electron chi connectivity index (χ3n) is 0.163. The molecule has 1 N–H and O–H groups in total. The van der Waals surface area contributed by atoms with Crippen LogP contribution in [0.4, 0.5) is 0 Å². The van der Waals surface area contributed by atoms with Gasteiger partial charge in [-0.3, -0.25) is 0 Å². The highest BCUT2D eigenvalue weighted by molar-refractivity contribution is 7.09. The average molecular weight is 142 g/mol. The van der Waals surface area contributed by atoms with Gasteiger partial charge in [-0.1, -0.05) is 0 Å². The van der Waals surface area contributed by atoms with Crippen molar-refractivity contribution in [3.05, 3.63) is 0 Å². The molecule has 0 radical (unpaired) electrons. The zero-order valence-corrected chi connectivity index (χ0v) is 4.72. The van der Waals surface area contributed by atoms with Crippen LogP contribution in [0.2, 0.25) is 0 Å². The normalized spacial score (nSPS) is 8.62. The minimum Gasteiger partial charge on any atom is -0.189 e. The molecule has 0 aliphatic heterocycles. The fourth-order valence-corrected chi connectivity index (χ4v) is 0.0871. The van der Waals surface area contributed by atoms with E-state index in [2.05, 4.69) is 30.1 Å². The molecule has 1 unspecified atom stereocenters. The Morgan fingerprint density at radius 3 is 2.50 bits per heavy atom. The minimum absolute atomic E-state index is 1.70. The van der Waals surface area contributed by atoms with E-state index in [-0.39, 0.29) is 0 Å².